The molecule has 1 aromatic rings. The SMILES string of the molecule is CCOC(=O)C1(C(=O)OCC)CC2=C3c4ccccc4OC[C@@]3(C)CC[C@H]2C1. The number of carbonyl (C=O) groups excluding carboxylic acids is 2. The van der Waals surface area contributed by atoms with Crippen molar-refractivity contribution in [2.75, 3.05) is 19.8 Å². The number of hydrogen-bond acceptors (Lipinski definition) is 5. The number of ether oxygens (including phenoxy) is 3. The van der Waals surface area contributed by atoms with E-state index in [1.165, 1.54) is 11.1 Å². The topological polar surface area (TPSA) is 61.8 Å². The van der Waals surface area contributed by atoms with E-state index in [1.54, 1.807) is 13.8 Å². The average molecular weight is 384 g/mol. The second-order valence-corrected chi connectivity index (χ2v) is 8.39. The minimum atomic E-state index is -1.22. The van der Waals surface area contributed by atoms with E-state index in [0.717, 1.165) is 24.2 Å². The van der Waals surface area contributed by atoms with E-state index in [0.29, 0.717) is 19.4 Å². The maximum Gasteiger partial charge on any atom is 0.323 e. The van der Waals surface area contributed by atoms with E-state index in [9.17, 15) is 9.59 Å². The molecule has 2 atom stereocenters. The molecule has 0 amide bonds. The first-order valence-corrected chi connectivity index (χ1v) is 10.3. The van der Waals surface area contributed by atoms with Gasteiger partial charge in [0.1, 0.15) is 5.75 Å². The Labute approximate surface area is 166 Å². The fraction of sp³-hybridized carbons (Fsp3) is 0.565. The zero-order valence-corrected chi connectivity index (χ0v) is 16.9. The quantitative estimate of drug-likeness (QED) is 0.576. The Bertz CT molecular complexity index is 821. The third-order valence-electron chi connectivity index (χ3n) is 6.58. The number of allylic oxidation sites excluding steroid dienone is 1. The monoisotopic (exact) mass is 384 g/mol. The third-order valence-corrected chi connectivity index (χ3v) is 6.58. The molecule has 0 aromatic heterocycles. The Kier molecular flexibility index (Phi) is 4.72. The summed E-state index contributed by atoms with van der Waals surface area (Å²) in [6.07, 6.45) is 2.78. The molecule has 0 saturated heterocycles. The van der Waals surface area contributed by atoms with E-state index in [1.807, 2.05) is 18.2 Å². The van der Waals surface area contributed by atoms with Crippen LogP contribution in [0, 0.1) is 16.7 Å². The second kappa shape index (κ2) is 6.94. The standard InChI is InChI=1S/C23H28O5/c1-4-26-20(24)23(21(25)27-5-2)12-15-10-11-22(3)14-28-18-9-7-6-8-16(18)19(22)17(15)13-23/h6-9,15H,4-5,10-14H2,1-3H3/t15-,22+/m0/s1. The Morgan fingerprint density at radius 1 is 1.14 bits per heavy atom. The molecule has 0 spiro atoms. The highest BCUT2D eigenvalue weighted by Gasteiger charge is 2.58. The number of esters is 2. The molecule has 1 saturated carbocycles. The second-order valence-electron chi connectivity index (χ2n) is 8.39. The number of rotatable bonds is 4. The molecule has 2 aliphatic carbocycles. The molecular weight excluding hydrogens is 356 g/mol. The summed E-state index contributed by atoms with van der Waals surface area (Å²) >= 11 is 0. The van der Waals surface area contributed by atoms with E-state index in [-0.39, 0.29) is 24.5 Å². The lowest BCUT2D eigenvalue weighted by Gasteiger charge is -2.43. The van der Waals surface area contributed by atoms with Gasteiger partial charge in [0.25, 0.3) is 0 Å². The molecule has 5 nitrogen and oxygen atoms in total. The van der Waals surface area contributed by atoms with Crippen molar-refractivity contribution in [3.63, 3.8) is 0 Å². The van der Waals surface area contributed by atoms with Crippen LogP contribution < -0.4 is 4.74 Å². The molecule has 0 radical (unpaired) electrons. The molecule has 4 rings (SSSR count). The molecular formula is C23H28O5. The lowest BCUT2D eigenvalue weighted by atomic mass is 9.65. The van der Waals surface area contributed by atoms with Crippen LogP contribution in [-0.4, -0.2) is 31.8 Å². The zero-order valence-electron chi connectivity index (χ0n) is 16.9. The molecule has 0 unspecified atom stereocenters. The maximum absolute atomic E-state index is 12.9. The van der Waals surface area contributed by atoms with Gasteiger partial charge in [-0.25, -0.2) is 0 Å². The van der Waals surface area contributed by atoms with Crippen LogP contribution in [0.3, 0.4) is 0 Å². The van der Waals surface area contributed by atoms with Crippen molar-refractivity contribution in [1.29, 1.82) is 0 Å². The Hall–Kier alpha value is -2.30. The van der Waals surface area contributed by atoms with Crippen LogP contribution in [0.2, 0.25) is 0 Å². The van der Waals surface area contributed by atoms with Crippen LogP contribution in [0.1, 0.15) is 52.0 Å². The highest BCUT2D eigenvalue weighted by Crippen LogP contribution is 2.60. The van der Waals surface area contributed by atoms with E-state index < -0.39 is 17.4 Å². The first-order chi connectivity index (χ1) is 13.4. The molecule has 150 valence electrons. The molecule has 28 heavy (non-hydrogen) atoms. The minimum Gasteiger partial charge on any atom is -0.492 e. The first kappa shape index (κ1) is 19.0. The predicted octanol–water partition coefficient (Wildman–Crippen LogP) is 4.16. The summed E-state index contributed by atoms with van der Waals surface area (Å²) in [5.74, 6) is 0.187. The molecule has 0 N–H and O–H groups in total. The maximum atomic E-state index is 12.9. The van der Waals surface area contributed by atoms with Crippen LogP contribution in [0.5, 0.6) is 5.75 Å². The fourth-order valence-electron chi connectivity index (χ4n) is 5.27. The molecule has 1 aliphatic heterocycles. The number of carbonyl (C=O) groups is 2. The normalized spacial score (nSPS) is 27.2. The highest BCUT2D eigenvalue weighted by atomic mass is 16.6. The molecule has 1 heterocycles. The fourth-order valence-corrected chi connectivity index (χ4v) is 5.27. The lowest BCUT2D eigenvalue weighted by Crippen LogP contribution is -2.40. The van der Waals surface area contributed by atoms with Gasteiger partial charge in [0.15, 0.2) is 5.41 Å². The summed E-state index contributed by atoms with van der Waals surface area (Å²) in [4.78, 5) is 25.9. The summed E-state index contributed by atoms with van der Waals surface area (Å²) in [5.41, 5.74) is 2.25. The molecule has 3 aliphatic rings. The van der Waals surface area contributed by atoms with Crippen LogP contribution >= 0.6 is 0 Å². The van der Waals surface area contributed by atoms with Gasteiger partial charge < -0.3 is 14.2 Å². The van der Waals surface area contributed by atoms with E-state index in [2.05, 4.69) is 13.0 Å². The molecule has 5 heteroatoms. The van der Waals surface area contributed by atoms with E-state index in [4.69, 9.17) is 14.2 Å². The van der Waals surface area contributed by atoms with Gasteiger partial charge in [-0.05, 0) is 57.1 Å². The van der Waals surface area contributed by atoms with Gasteiger partial charge in [0, 0.05) is 11.0 Å². The number of fused-ring (bicyclic) bond motifs is 4. The van der Waals surface area contributed by atoms with Crippen molar-refractivity contribution in [2.24, 2.45) is 16.7 Å². The predicted molar refractivity (Wildman–Crippen MR) is 105 cm³/mol. The van der Waals surface area contributed by atoms with Crippen molar-refractivity contribution in [1.82, 2.24) is 0 Å². The summed E-state index contributed by atoms with van der Waals surface area (Å²) < 4.78 is 16.7. The van der Waals surface area contributed by atoms with Crippen molar-refractivity contribution >= 4 is 17.5 Å². The lowest BCUT2D eigenvalue weighted by molar-refractivity contribution is -0.171. The van der Waals surface area contributed by atoms with E-state index >= 15 is 0 Å². The van der Waals surface area contributed by atoms with Gasteiger partial charge in [-0.1, -0.05) is 30.7 Å². The molecule has 0 bridgehead atoms. The van der Waals surface area contributed by atoms with Crippen LogP contribution in [-0.2, 0) is 19.1 Å². The summed E-state index contributed by atoms with van der Waals surface area (Å²) in [5, 5.41) is 0. The van der Waals surface area contributed by atoms with Crippen LogP contribution in [0.15, 0.2) is 29.8 Å². The van der Waals surface area contributed by atoms with Gasteiger partial charge in [0.2, 0.25) is 0 Å². The first-order valence-electron chi connectivity index (χ1n) is 10.3. The summed E-state index contributed by atoms with van der Waals surface area (Å²) in [7, 11) is 0. The van der Waals surface area contributed by atoms with Gasteiger partial charge in [0.05, 0.1) is 19.8 Å². The van der Waals surface area contributed by atoms with Crippen molar-refractivity contribution in [3.05, 3.63) is 35.4 Å². The summed E-state index contributed by atoms with van der Waals surface area (Å²) in [6.45, 7) is 6.91. The number of para-hydroxylation sites is 1. The largest absolute Gasteiger partial charge is 0.492 e. The van der Waals surface area contributed by atoms with Crippen LogP contribution in [0.25, 0.3) is 5.57 Å². The average Bonchev–Trinajstić information content (AvgIpc) is 3.09. The van der Waals surface area contributed by atoms with Crippen molar-refractivity contribution in [3.8, 4) is 5.75 Å². The Balaban J connectivity index is 1.85. The third kappa shape index (κ3) is 2.75. The van der Waals surface area contributed by atoms with Crippen LogP contribution in [0.4, 0.5) is 0 Å². The van der Waals surface area contributed by atoms with Crippen molar-refractivity contribution < 1.29 is 23.8 Å². The van der Waals surface area contributed by atoms with Crippen molar-refractivity contribution in [2.45, 2.75) is 46.5 Å². The van der Waals surface area contributed by atoms with Gasteiger partial charge >= 0.3 is 11.9 Å². The summed E-state index contributed by atoms with van der Waals surface area (Å²) in [6, 6.07) is 8.07. The Morgan fingerprint density at radius 2 is 1.82 bits per heavy atom. The minimum absolute atomic E-state index is 0.0976. The number of hydrogen-bond donors (Lipinski definition) is 0. The number of benzene rings is 1. The highest BCUT2D eigenvalue weighted by molar-refractivity contribution is 6.02. The smallest absolute Gasteiger partial charge is 0.323 e. The van der Waals surface area contributed by atoms with Gasteiger partial charge in [-0.15, -0.1) is 0 Å². The Morgan fingerprint density at radius 3 is 2.50 bits per heavy atom. The van der Waals surface area contributed by atoms with Gasteiger partial charge in [-0.3, -0.25) is 9.59 Å². The molecule has 1 aromatic carbocycles. The molecule has 1 fully saturated rings. The zero-order chi connectivity index (χ0) is 19.9. The van der Waals surface area contributed by atoms with Gasteiger partial charge in [-0.2, -0.15) is 0 Å².